The lowest BCUT2D eigenvalue weighted by Crippen LogP contribution is -2.20. The van der Waals surface area contributed by atoms with Crippen LogP contribution in [0.25, 0.3) is 33.4 Å². The van der Waals surface area contributed by atoms with Crippen molar-refractivity contribution in [3.8, 4) is 22.3 Å². The summed E-state index contributed by atoms with van der Waals surface area (Å²) in [4.78, 5) is 2.44. The van der Waals surface area contributed by atoms with E-state index in [0.29, 0.717) is 0 Å². The second kappa shape index (κ2) is 14.0. The standard InChI is InChI=1S/C53H41N/c1-53(2)48-31-16-15-29-46(48)47-30-18-32-49(52(47)53)54(44-26-13-6-14-27-44)45-28-17-25-43(37-45)38-33-35-42(36-34-38)51(41-23-11-5-12-24-41)50(39-19-7-3-8-20-39)40-21-9-4-10-22-40/h3-37H,1-2H3. The van der Waals surface area contributed by atoms with Gasteiger partial charge in [0, 0.05) is 16.8 Å². The van der Waals surface area contributed by atoms with Crippen LogP contribution in [0.4, 0.5) is 17.1 Å². The zero-order valence-corrected chi connectivity index (χ0v) is 30.7. The first-order chi connectivity index (χ1) is 26.6. The maximum atomic E-state index is 2.44. The van der Waals surface area contributed by atoms with Crippen molar-refractivity contribution in [2.75, 3.05) is 4.90 Å². The summed E-state index contributed by atoms with van der Waals surface area (Å²) < 4.78 is 0. The smallest absolute Gasteiger partial charge is 0.0508 e. The molecular formula is C53H41N. The van der Waals surface area contributed by atoms with Crippen LogP contribution in [0.1, 0.15) is 47.2 Å². The van der Waals surface area contributed by atoms with Gasteiger partial charge in [0.15, 0.2) is 0 Å². The van der Waals surface area contributed by atoms with Crippen LogP contribution in [0.2, 0.25) is 0 Å². The van der Waals surface area contributed by atoms with Crippen LogP contribution in [0.5, 0.6) is 0 Å². The highest BCUT2D eigenvalue weighted by atomic mass is 15.1. The molecule has 0 aliphatic heterocycles. The molecule has 0 heterocycles. The van der Waals surface area contributed by atoms with Crippen molar-refractivity contribution in [2.24, 2.45) is 0 Å². The minimum Gasteiger partial charge on any atom is -0.310 e. The molecule has 0 unspecified atom stereocenters. The first-order valence-electron chi connectivity index (χ1n) is 18.8. The third kappa shape index (κ3) is 5.94. The van der Waals surface area contributed by atoms with E-state index >= 15 is 0 Å². The summed E-state index contributed by atoms with van der Waals surface area (Å²) in [5, 5.41) is 0. The van der Waals surface area contributed by atoms with Gasteiger partial charge in [-0.15, -0.1) is 0 Å². The van der Waals surface area contributed by atoms with Crippen LogP contribution in [-0.4, -0.2) is 0 Å². The van der Waals surface area contributed by atoms with Crippen molar-refractivity contribution in [3.63, 3.8) is 0 Å². The highest BCUT2D eigenvalue weighted by Crippen LogP contribution is 2.54. The van der Waals surface area contributed by atoms with Crippen molar-refractivity contribution >= 4 is 28.2 Å². The molecule has 0 fully saturated rings. The van der Waals surface area contributed by atoms with Crippen LogP contribution in [0.3, 0.4) is 0 Å². The quantitative estimate of drug-likeness (QED) is 0.143. The maximum Gasteiger partial charge on any atom is 0.0508 e. The van der Waals surface area contributed by atoms with Crippen LogP contribution in [0.15, 0.2) is 212 Å². The highest BCUT2D eigenvalue weighted by Gasteiger charge is 2.38. The van der Waals surface area contributed by atoms with E-state index in [-0.39, 0.29) is 5.41 Å². The Bertz CT molecular complexity index is 2540. The fourth-order valence-corrected chi connectivity index (χ4v) is 8.39. The Morgan fingerprint density at radius 1 is 0.370 bits per heavy atom. The molecule has 0 aromatic heterocycles. The van der Waals surface area contributed by atoms with E-state index in [1.807, 2.05) is 0 Å². The van der Waals surface area contributed by atoms with Crippen molar-refractivity contribution in [2.45, 2.75) is 19.3 Å². The minimum absolute atomic E-state index is 0.147. The zero-order chi connectivity index (χ0) is 36.5. The number of hydrogen-bond acceptors (Lipinski definition) is 1. The molecule has 258 valence electrons. The lowest BCUT2D eigenvalue weighted by molar-refractivity contribution is 0.661. The summed E-state index contributed by atoms with van der Waals surface area (Å²) in [6, 6.07) is 76.9. The van der Waals surface area contributed by atoms with E-state index in [1.54, 1.807) is 0 Å². The largest absolute Gasteiger partial charge is 0.310 e. The zero-order valence-electron chi connectivity index (χ0n) is 30.7. The molecule has 0 saturated heterocycles. The lowest BCUT2D eigenvalue weighted by atomic mass is 9.81. The molecule has 0 radical (unpaired) electrons. The van der Waals surface area contributed by atoms with E-state index in [9.17, 15) is 0 Å². The van der Waals surface area contributed by atoms with Crippen LogP contribution < -0.4 is 4.90 Å². The Hall–Kier alpha value is -6.70. The Morgan fingerprint density at radius 3 is 1.43 bits per heavy atom. The van der Waals surface area contributed by atoms with Gasteiger partial charge < -0.3 is 4.90 Å². The first-order valence-corrected chi connectivity index (χ1v) is 18.8. The molecule has 0 atom stereocenters. The molecule has 8 aromatic carbocycles. The van der Waals surface area contributed by atoms with Gasteiger partial charge in [0.2, 0.25) is 0 Å². The number of fused-ring (bicyclic) bond motifs is 3. The maximum absolute atomic E-state index is 2.44. The van der Waals surface area contributed by atoms with Crippen LogP contribution >= 0.6 is 0 Å². The summed E-state index contributed by atoms with van der Waals surface area (Å²) in [7, 11) is 0. The molecule has 8 aromatic rings. The Kier molecular flexibility index (Phi) is 8.61. The predicted molar refractivity (Wildman–Crippen MR) is 228 cm³/mol. The van der Waals surface area contributed by atoms with Crippen LogP contribution in [0, 0.1) is 0 Å². The number of anilines is 3. The monoisotopic (exact) mass is 691 g/mol. The van der Waals surface area contributed by atoms with Gasteiger partial charge in [-0.25, -0.2) is 0 Å². The topological polar surface area (TPSA) is 3.24 Å². The molecular weight excluding hydrogens is 651 g/mol. The molecule has 0 saturated carbocycles. The van der Waals surface area contributed by atoms with E-state index in [0.717, 1.165) is 11.4 Å². The predicted octanol–water partition coefficient (Wildman–Crippen LogP) is 14.1. The van der Waals surface area contributed by atoms with Gasteiger partial charge >= 0.3 is 0 Å². The number of benzene rings is 8. The highest BCUT2D eigenvalue weighted by molar-refractivity contribution is 6.04. The van der Waals surface area contributed by atoms with Gasteiger partial charge in [-0.3, -0.25) is 0 Å². The molecule has 0 bridgehead atoms. The summed E-state index contributed by atoms with van der Waals surface area (Å²) in [6.07, 6.45) is 0. The molecule has 1 aliphatic carbocycles. The Morgan fingerprint density at radius 2 is 0.833 bits per heavy atom. The number of hydrogen-bond donors (Lipinski definition) is 0. The third-order valence-electron chi connectivity index (χ3n) is 10.9. The first kappa shape index (κ1) is 33.2. The number of rotatable bonds is 8. The molecule has 9 rings (SSSR count). The summed E-state index contributed by atoms with van der Waals surface area (Å²) in [6.45, 7) is 4.73. The van der Waals surface area contributed by atoms with Gasteiger partial charge in [-0.05, 0) is 97.1 Å². The van der Waals surface area contributed by atoms with Crippen molar-refractivity contribution in [3.05, 3.63) is 246 Å². The van der Waals surface area contributed by atoms with Gasteiger partial charge in [0.25, 0.3) is 0 Å². The van der Waals surface area contributed by atoms with Gasteiger partial charge in [0.1, 0.15) is 0 Å². The average Bonchev–Trinajstić information content (AvgIpc) is 3.48. The van der Waals surface area contributed by atoms with Gasteiger partial charge in [0.05, 0.1) is 5.69 Å². The van der Waals surface area contributed by atoms with Crippen molar-refractivity contribution in [1.29, 1.82) is 0 Å². The lowest BCUT2D eigenvalue weighted by Gasteiger charge is -2.32. The summed E-state index contributed by atoms with van der Waals surface area (Å²) in [5.41, 5.74) is 18.2. The fraction of sp³-hybridized carbons (Fsp3) is 0.0566. The summed E-state index contributed by atoms with van der Waals surface area (Å²) in [5.74, 6) is 0. The van der Waals surface area contributed by atoms with E-state index in [2.05, 4.69) is 231 Å². The molecule has 0 N–H and O–H groups in total. The van der Waals surface area contributed by atoms with Crippen LogP contribution in [-0.2, 0) is 5.41 Å². The van der Waals surface area contributed by atoms with E-state index in [1.165, 1.54) is 72.5 Å². The Labute approximate surface area is 319 Å². The van der Waals surface area contributed by atoms with Gasteiger partial charge in [-0.2, -0.15) is 0 Å². The molecule has 1 heteroatoms. The SMILES string of the molecule is CC1(C)c2ccccc2-c2cccc(N(c3ccccc3)c3cccc(-c4ccc(C(=C(c5ccccc5)c5ccccc5)c5ccccc5)cc4)c3)c21. The number of nitrogens with zero attached hydrogens (tertiary/aromatic N) is 1. The number of para-hydroxylation sites is 1. The molecule has 0 amide bonds. The molecule has 0 spiro atoms. The van der Waals surface area contributed by atoms with Gasteiger partial charge in [-0.1, -0.05) is 196 Å². The average molecular weight is 692 g/mol. The molecule has 1 aliphatic rings. The second-order valence-corrected chi connectivity index (χ2v) is 14.5. The second-order valence-electron chi connectivity index (χ2n) is 14.5. The van der Waals surface area contributed by atoms with Crippen molar-refractivity contribution in [1.82, 2.24) is 0 Å². The normalized spacial score (nSPS) is 12.4. The van der Waals surface area contributed by atoms with Crippen molar-refractivity contribution < 1.29 is 0 Å². The molecule has 1 nitrogen and oxygen atoms in total. The fourth-order valence-electron chi connectivity index (χ4n) is 8.39. The minimum atomic E-state index is -0.147. The third-order valence-corrected chi connectivity index (χ3v) is 10.9. The summed E-state index contributed by atoms with van der Waals surface area (Å²) >= 11 is 0. The Balaban J connectivity index is 1.17. The van der Waals surface area contributed by atoms with E-state index in [4.69, 9.17) is 0 Å². The van der Waals surface area contributed by atoms with E-state index < -0.39 is 0 Å². The molecule has 54 heavy (non-hydrogen) atoms.